The number of aliphatic hydroxyl groups is 1. The fourth-order valence-corrected chi connectivity index (χ4v) is 1.34. The van der Waals surface area contributed by atoms with Gasteiger partial charge in [-0.2, -0.15) is 0 Å². The second kappa shape index (κ2) is 1.84. The molecule has 0 unspecified atom stereocenters. The summed E-state index contributed by atoms with van der Waals surface area (Å²) in [5.74, 6) is -0.144. The third kappa shape index (κ3) is 0.838. The summed E-state index contributed by atoms with van der Waals surface area (Å²) in [6.07, 6.45) is 0.692. The topological polar surface area (TPSA) is 37.3 Å². The monoisotopic (exact) mass is 140 g/mol. The van der Waals surface area contributed by atoms with E-state index in [-0.39, 0.29) is 17.0 Å². The highest BCUT2D eigenvalue weighted by atomic mass is 16.3. The maximum atomic E-state index is 11.1. The number of aliphatic hydroxyl groups excluding tert-OH is 1. The van der Waals surface area contributed by atoms with Gasteiger partial charge in [0.15, 0.2) is 5.76 Å². The van der Waals surface area contributed by atoms with E-state index in [0.29, 0.717) is 6.42 Å². The Morgan fingerprint density at radius 2 is 2.00 bits per heavy atom. The number of carbonyl (C=O) groups is 1. The molecule has 0 aromatic rings. The van der Waals surface area contributed by atoms with Crippen LogP contribution in [-0.2, 0) is 4.79 Å². The van der Waals surface area contributed by atoms with Crippen molar-refractivity contribution >= 4 is 5.78 Å². The zero-order chi connectivity index (χ0) is 7.94. The van der Waals surface area contributed by atoms with Crippen molar-refractivity contribution in [3.05, 3.63) is 11.3 Å². The lowest BCUT2D eigenvalue weighted by Gasteiger charge is -2.13. The third-order valence-electron chi connectivity index (χ3n) is 1.94. The number of hydrogen-bond acceptors (Lipinski definition) is 2. The first-order valence-electron chi connectivity index (χ1n) is 3.38. The van der Waals surface area contributed by atoms with E-state index in [2.05, 4.69) is 0 Å². The van der Waals surface area contributed by atoms with E-state index in [9.17, 15) is 4.79 Å². The van der Waals surface area contributed by atoms with Crippen molar-refractivity contribution in [1.29, 1.82) is 0 Å². The zero-order valence-electron chi connectivity index (χ0n) is 6.56. The Labute approximate surface area is 60.6 Å². The highest BCUT2D eigenvalue weighted by molar-refractivity contribution is 6.00. The average Bonchev–Trinajstić information content (AvgIpc) is 1.95. The maximum absolute atomic E-state index is 11.1. The Bertz CT molecular complexity index is 211. The zero-order valence-corrected chi connectivity index (χ0v) is 6.56. The number of hydrogen-bond donors (Lipinski definition) is 1. The molecule has 0 bridgehead atoms. The second-order valence-corrected chi connectivity index (χ2v) is 3.52. The molecule has 0 spiro atoms. The van der Waals surface area contributed by atoms with E-state index in [0.717, 1.165) is 5.57 Å². The predicted molar refractivity (Wildman–Crippen MR) is 38.7 cm³/mol. The van der Waals surface area contributed by atoms with E-state index in [4.69, 9.17) is 5.11 Å². The van der Waals surface area contributed by atoms with Crippen LogP contribution in [0.2, 0.25) is 0 Å². The summed E-state index contributed by atoms with van der Waals surface area (Å²) >= 11 is 0. The van der Waals surface area contributed by atoms with E-state index in [1.165, 1.54) is 0 Å². The minimum atomic E-state index is -0.367. The summed E-state index contributed by atoms with van der Waals surface area (Å²) in [7, 11) is 0. The molecule has 0 saturated carbocycles. The lowest BCUT2D eigenvalue weighted by Crippen LogP contribution is -2.19. The van der Waals surface area contributed by atoms with Crippen LogP contribution in [0.4, 0.5) is 0 Å². The SMILES string of the molecule is CC1=C(O)C(=O)C(C)(C)C1. The average molecular weight is 140 g/mol. The number of carbonyl (C=O) groups excluding carboxylic acids is 1. The molecule has 0 aromatic heterocycles. The molecule has 1 aliphatic carbocycles. The van der Waals surface area contributed by atoms with E-state index >= 15 is 0 Å². The molecule has 0 saturated heterocycles. The van der Waals surface area contributed by atoms with Crippen molar-refractivity contribution in [2.75, 3.05) is 0 Å². The molecule has 2 heteroatoms. The molecule has 56 valence electrons. The predicted octanol–water partition coefficient (Wildman–Crippen LogP) is 1.82. The Morgan fingerprint density at radius 1 is 1.50 bits per heavy atom. The van der Waals surface area contributed by atoms with Crippen LogP contribution in [0.25, 0.3) is 0 Å². The first kappa shape index (κ1) is 7.32. The van der Waals surface area contributed by atoms with Gasteiger partial charge in [0.25, 0.3) is 0 Å². The number of Topliss-reactive ketones (excluding diaryl/α,β-unsaturated/α-hetero) is 1. The molecule has 1 aliphatic rings. The molecule has 0 radical (unpaired) electrons. The van der Waals surface area contributed by atoms with Crippen molar-refractivity contribution in [2.24, 2.45) is 5.41 Å². The van der Waals surface area contributed by atoms with Crippen molar-refractivity contribution < 1.29 is 9.90 Å². The maximum Gasteiger partial charge on any atom is 0.202 e. The molecule has 1 rings (SSSR count). The van der Waals surface area contributed by atoms with Gasteiger partial charge in [0.05, 0.1) is 0 Å². The van der Waals surface area contributed by atoms with Crippen LogP contribution >= 0.6 is 0 Å². The molecule has 0 heterocycles. The first-order chi connectivity index (χ1) is 4.45. The molecule has 0 fully saturated rings. The van der Waals surface area contributed by atoms with Crippen molar-refractivity contribution in [3.8, 4) is 0 Å². The molecular formula is C8H12O2. The fraction of sp³-hybridized carbons (Fsp3) is 0.625. The Balaban J connectivity index is 2.99. The van der Waals surface area contributed by atoms with Gasteiger partial charge in [0.2, 0.25) is 5.78 Å². The van der Waals surface area contributed by atoms with Crippen LogP contribution in [0.3, 0.4) is 0 Å². The number of rotatable bonds is 0. The summed E-state index contributed by atoms with van der Waals surface area (Å²) < 4.78 is 0. The molecule has 2 nitrogen and oxygen atoms in total. The summed E-state index contributed by atoms with van der Waals surface area (Å²) in [4.78, 5) is 11.1. The van der Waals surface area contributed by atoms with Crippen LogP contribution in [-0.4, -0.2) is 10.9 Å². The smallest absolute Gasteiger partial charge is 0.202 e. The normalized spacial score (nSPS) is 24.1. The summed E-state index contributed by atoms with van der Waals surface area (Å²) in [6, 6.07) is 0. The second-order valence-electron chi connectivity index (χ2n) is 3.52. The van der Waals surface area contributed by atoms with Gasteiger partial charge >= 0.3 is 0 Å². The van der Waals surface area contributed by atoms with Crippen LogP contribution in [0.1, 0.15) is 27.2 Å². The quantitative estimate of drug-likeness (QED) is 0.557. The third-order valence-corrected chi connectivity index (χ3v) is 1.94. The van der Waals surface area contributed by atoms with Gasteiger partial charge in [-0.05, 0) is 18.9 Å². The highest BCUT2D eigenvalue weighted by Crippen LogP contribution is 2.36. The Morgan fingerprint density at radius 3 is 2.10 bits per heavy atom. The largest absolute Gasteiger partial charge is 0.504 e. The van der Waals surface area contributed by atoms with Gasteiger partial charge in [-0.3, -0.25) is 4.79 Å². The van der Waals surface area contributed by atoms with Crippen LogP contribution in [0, 0.1) is 5.41 Å². The minimum absolute atomic E-state index is 0.0231. The summed E-state index contributed by atoms with van der Waals surface area (Å²) in [6.45, 7) is 5.49. The van der Waals surface area contributed by atoms with Gasteiger partial charge < -0.3 is 5.11 Å². The van der Waals surface area contributed by atoms with E-state index in [1.54, 1.807) is 6.92 Å². The van der Waals surface area contributed by atoms with Crippen LogP contribution in [0.5, 0.6) is 0 Å². The molecular weight excluding hydrogens is 128 g/mol. The molecule has 10 heavy (non-hydrogen) atoms. The van der Waals surface area contributed by atoms with Crippen molar-refractivity contribution in [2.45, 2.75) is 27.2 Å². The lowest BCUT2D eigenvalue weighted by atomic mass is 9.89. The first-order valence-corrected chi connectivity index (χ1v) is 3.38. The molecule has 1 N–H and O–H groups in total. The van der Waals surface area contributed by atoms with Gasteiger partial charge in [0, 0.05) is 5.41 Å². The van der Waals surface area contributed by atoms with Gasteiger partial charge in [-0.1, -0.05) is 13.8 Å². The van der Waals surface area contributed by atoms with Gasteiger partial charge in [-0.25, -0.2) is 0 Å². The molecule has 0 atom stereocenters. The van der Waals surface area contributed by atoms with Crippen LogP contribution in [0.15, 0.2) is 11.3 Å². The van der Waals surface area contributed by atoms with Crippen molar-refractivity contribution in [3.63, 3.8) is 0 Å². The van der Waals surface area contributed by atoms with Crippen molar-refractivity contribution in [1.82, 2.24) is 0 Å². The van der Waals surface area contributed by atoms with E-state index < -0.39 is 0 Å². The van der Waals surface area contributed by atoms with Crippen LogP contribution < -0.4 is 0 Å². The highest BCUT2D eigenvalue weighted by Gasteiger charge is 2.37. The summed E-state index contributed by atoms with van der Waals surface area (Å²) in [5, 5.41) is 9.13. The lowest BCUT2D eigenvalue weighted by molar-refractivity contribution is -0.124. The molecule has 0 aromatic carbocycles. The Hall–Kier alpha value is -0.790. The molecule has 0 aliphatic heterocycles. The Kier molecular flexibility index (Phi) is 1.35. The van der Waals surface area contributed by atoms with Gasteiger partial charge in [0.1, 0.15) is 0 Å². The standard InChI is InChI=1S/C8H12O2/c1-5-4-8(2,3)7(10)6(5)9/h9H,4H2,1-3H3. The minimum Gasteiger partial charge on any atom is -0.504 e. The van der Waals surface area contributed by atoms with E-state index in [1.807, 2.05) is 13.8 Å². The number of allylic oxidation sites excluding steroid dienone is 2. The number of ketones is 1. The molecule has 0 amide bonds. The van der Waals surface area contributed by atoms with Gasteiger partial charge in [-0.15, -0.1) is 0 Å². The summed E-state index contributed by atoms with van der Waals surface area (Å²) in [5.41, 5.74) is 0.448. The fourth-order valence-electron chi connectivity index (χ4n) is 1.34.